The number of rotatable bonds is 0. The topological polar surface area (TPSA) is 28.1 Å². The Kier molecular flexibility index (Phi) is 4.94. The molecule has 94 valence electrons. The molecule has 0 N–H and O–H groups in total. The largest absolute Gasteiger partial charge is 0.673 e. The van der Waals surface area contributed by atoms with E-state index in [1.165, 1.54) is 12.1 Å². The Labute approximate surface area is 90.8 Å². The van der Waals surface area contributed by atoms with Crippen LogP contribution in [0.1, 0.15) is 5.56 Å². The fraction of sp³-hybridized carbons (Fsp3) is 0.143. The van der Waals surface area contributed by atoms with Crippen LogP contribution in [0.25, 0.3) is 4.98 Å². The summed E-state index contributed by atoms with van der Waals surface area (Å²) >= 11 is 0. The van der Waals surface area contributed by atoms with Crippen LogP contribution in [-0.2, 0) is 6.18 Å². The number of halogens is 7. The Bertz CT molecular complexity index is 400. The summed E-state index contributed by atoms with van der Waals surface area (Å²) in [4.78, 5) is 2.64. The van der Waals surface area contributed by atoms with Crippen LogP contribution in [0.2, 0.25) is 0 Å². The molecule has 0 bridgehead atoms. The van der Waals surface area contributed by atoms with E-state index in [2.05, 4.69) is 4.98 Å². The zero-order chi connectivity index (χ0) is 13.7. The maximum Gasteiger partial charge on any atom is 0.673 e. The van der Waals surface area contributed by atoms with E-state index in [0.29, 0.717) is 0 Å². The summed E-state index contributed by atoms with van der Waals surface area (Å²) < 4.78 is 74.9. The standard InChI is InChI=1S/C7H4F3N2.BF4/c8-7(9,10)5-2-1-3-6(4-5)12-11;2-1(3,4)5/h1-4H;/q+1;-1. The summed E-state index contributed by atoms with van der Waals surface area (Å²) in [6.45, 7) is 0. The van der Waals surface area contributed by atoms with Crippen molar-refractivity contribution in [3.63, 3.8) is 0 Å². The maximum absolute atomic E-state index is 12.0. The monoisotopic (exact) mass is 260 g/mol. The lowest BCUT2D eigenvalue weighted by Crippen LogP contribution is -2.03. The van der Waals surface area contributed by atoms with E-state index in [9.17, 15) is 30.4 Å². The van der Waals surface area contributed by atoms with Gasteiger partial charge in [0.25, 0.3) is 0 Å². The molecule has 0 aliphatic rings. The van der Waals surface area contributed by atoms with Crippen molar-refractivity contribution in [1.29, 1.82) is 5.39 Å². The van der Waals surface area contributed by atoms with Crippen molar-refractivity contribution in [2.75, 3.05) is 0 Å². The van der Waals surface area contributed by atoms with E-state index in [0.717, 1.165) is 12.1 Å². The Balaban J connectivity index is 0.000000437. The average molecular weight is 260 g/mol. The summed E-state index contributed by atoms with van der Waals surface area (Å²) in [6, 6.07) is 4.13. The first-order valence-electron chi connectivity index (χ1n) is 3.93. The first kappa shape index (κ1) is 15.2. The molecular weight excluding hydrogens is 256 g/mol. The van der Waals surface area contributed by atoms with Crippen LogP contribution < -0.4 is 0 Å². The van der Waals surface area contributed by atoms with Crippen molar-refractivity contribution in [3.8, 4) is 0 Å². The summed E-state index contributed by atoms with van der Waals surface area (Å²) in [5, 5.41) is 8.19. The van der Waals surface area contributed by atoms with Gasteiger partial charge in [-0.25, -0.2) is 0 Å². The van der Waals surface area contributed by atoms with Gasteiger partial charge in [-0.05, 0) is 6.07 Å². The highest BCUT2D eigenvalue weighted by atomic mass is 19.5. The summed E-state index contributed by atoms with van der Waals surface area (Å²) in [5.41, 5.74) is -0.928. The van der Waals surface area contributed by atoms with Gasteiger partial charge in [0, 0.05) is 12.1 Å². The third-order valence-electron chi connectivity index (χ3n) is 1.29. The zero-order valence-corrected chi connectivity index (χ0v) is 7.93. The second kappa shape index (κ2) is 5.52. The van der Waals surface area contributed by atoms with Gasteiger partial charge in [0.1, 0.15) is 0 Å². The highest BCUT2D eigenvalue weighted by Crippen LogP contribution is 2.31. The fourth-order valence-electron chi connectivity index (χ4n) is 0.744. The van der Waals surface area contributed by atoms with Crippen molar-refractivity contribution in [2.24, 2.45) is 0 Å². The highest BCUT2D eigenvalue weighted by molar-refractivity contribution is 6.50. The Morgan fingerprint density at radius 3 is 1.88 bits per heavy atom. The molecule has 0 radical (unpaired) electrons. The van der Waals surface area contributed by atoms with Crippen molar-refractivity contribution in [1.82, 2.24) is 0 Å². The summed E-state index contributed by atoms with van der Waals surface area (Å²) in [6.07, 6.45) is -4.39. The van der Waals surface area contributed by atoms with E-state index in [1.807, 2.05) is 0 Å². The van der Waals surface area contributed by atoms with E-state index in [4.69, 9.17) is 5.39 Å². The van der Waals surface area contributed by atoms with Gasteiger partial charge in [-0.3, -0.25) is 0 Å². The van der Waals surface area contributed by atoms with Crippen LogP contribution in [0, 0.1) is 5.39 Å². The molecule has 0 amide bonds. The molecule has 1 rings (SSSR count). The maximum atomic E-state index is 12.0. The van der Waals surface area contributed by atoms with Gasteiger partial charge >= 0.3 is 19.1 Å². The Morgan fingerprint density at radius 1 is 1.06 bits per heavy atom. The lowest BCUT2D eigenvalue weighted by atomic mass is 10.2. The molecule has 1 aromatic rings. The van der Waals surface area contributed by atoms with Crippen LogP contribution in [0.5, 0.6) is 0 Å². The van der Waals surface area contributed by atoms with Crippen LogP contribution in [-0.4, -0.2) is 7.25 Å². The molecule has 0 saturated heterocycles. The van der Waals surface area contributed by atoms with Crippen LogP contribution in [0.15, 0.2) is 24.3 Å². The molecule has 0 fully saturated rings. The zero-order valence-electron chi connectivity index (χ0n) is 7.93. The lowest BCUT2D eigenvalue weighted by molar-refractivity contribution is -0.137. The second-order valence-electron chi connectivity index (χ2n) is 2.64. The van der Waals surface area contributed by atoms with E-state index >= 15 is 0 Å². The molecule has 0 aromatic heterocycles. The first-order valence-corrected chi connectivity index (χ1v) is 3.93. The third kappa shape index (κ3) is 8.07. The molecule has 0 saturated carbocycles. The Morgan fingerprint density at radius 2 is 1.53 bits per heavy atom. The number of alkyl halides is 3. The second-order valence-corrected chi connectivity index (χ2v) is 2.64. The van der Waals surface area contributed by atoms with Crippen molar-refractivity contribution >= 4 is 12.9 Å². The van der Waals surface area contributed by atoms with E-state index in [-0.39, 0.29) is 5.69 Å². The number of hydrogen-bond donors (Lipinski definition) is 0. The Hall–Kier alpha value is -1.79. The molecule has 0 unspecified atom stereocenters. The molecule has 0 aliphatic carbocycles. The first-order chi connectivity index (χ1) is 7.54. The SMILES string of the molecule is F[B-](F)(F)F.N#[N+]c1cccc(C(F)(F)F)c1. The minimum atomic E-state index is -6.00. The number of diazo groups is 1. The predicted molar refractivity (Wildman–Crippen MR) is 46.4 cm³/mol. The van der Waals surface area contributed by atoms with E-state index in [1.54, 1.807) is 0 Å². The van der Waals surface area contributed by atoms with Crippen molar-refractivity contribution < 1.29 is 30.4 Å². The highest BCUT2D eigenvalue weighted by Gasteiger charge is 2.31. The molecule has 2 nitrogen and oxygen atoms in total. The van der Waals surface area contributed by atoms with Gasteiger partial charge in [-0.1, -0.05) is 6.07 Å². The van der Waals surface area contributed by atoms with Gasteiger partial charge in [0.2, 0.25) is 5.39 Å². The molecule has 10 heteroatoms. The minimum Gasteiger partial charge on any atom is -0.418 e. The van der Waals surface area contributed by atoms with Gasteiger partial charge in [-0.2, -0.15) is 13.2 Å². The number of hydrogen-bond acceptors (Lipinski definition) is 1. The molecule has 0 spiro atoms. The molecule has 17 heavy (non-hydrogen) atoms. The molecule has 0 heterocycles. The number of benzene rings is 1. The van der Waals surface area contributed by atoms with Crippen LogP contribution in [0.3, 0.4) is 0 Å². The third-order valence-corrected chi connectivity index (χ3v) is 1.29. The summed E-state index contributed by atoms with van der Waals surface area (Å²) in [5.74, 6) is 0. The van der Waals surface area contributed by atoms with Crippen molar-refractivity contribution in [2.45, 2.75) is 6.18 Å². The van der Waals surface area contributed by atoms with Gasteiger partial charge in [0.15, 0.2) is 4.98 Å². The fourth-order valence-corrected chi connectivity index (χ4v) is 0.744. The molecule has 1 aromatic carbocycles. The molecule has 0 aliphatic heterocycles. The normalized spacial score (nSPS) is 11.2. The van der Waals surface area contributed by atoms with Crippen LogP contribution >= 0.6 is 0 Å². The van der Waals surface area contributed by atoms with Crippen LogP contribution in [0.4, 0.5) is 36.1 Å². The smallest absolute Gasteiger partial charge is 0.418 e. The number of nitrogens with zero attached hydrogens (tertiary/aromatic N) is 2. The van der Waals surface area contributed by atoms with Gasteiger partial charge in [-0.15, -0.1) is 0 Å². The van der Waals surface area contributed by atoms with Gasteiger partial charge in [0.05, 0.1) is 5.56 Å². The molecular formula is C7H4BF7N2. The summed E-state index contributed by atoms with van der Waals surface area (Å²) in [7, 11) is -6.00. The van der Waals surface area contributed by atoms with Gasteiger partial charge < -0.3 is 17.3 Å². The average Bonchev–Trinajstić information content (AvgIpc) is 2.14. The van der Waals surface area contributed by atoms with Crippen molar-refractivity contribution in [3.05, 3.63) is 34.8 Å². The molecule has 0 atom stereocenters. The minimum absolute atomic E-state index is 0.107. The predicted octanol–water partition coefficient (Wildman–Crippen LogP) is 4.49. The quantitative estimate of drug-likeness (QED) is 0.383. The lowest BCUT2D eigenvalue weighted by Gasteiger charge is -2.02. The van der Waals surface area contributed by atoms with E-state index < -0.39 is 19.0 Å².